The summed E-state index contributed by atoms with van der Waals surface area (Å²) in [6, 6.07) is 0. The lowest BCUT2D eigenvalue weighted by molar-refractivity contribution is 0.0900. The van der Waals surface area contributed by atoms with Crippen LogP contribution in [0.3, 0.4) is 0 Å². The van der Waals surface area contributed by atoms with E-state index >= 15 is 0 Å². The Labute approximate surface area is 63.7 Å². The van der Waals surface area contributed by atoms with Crippen molar-refractivity contribution in [2.75, 3.05) is 13.7 Å². The lowest BCUT2D eigenvalue weighted by Gasteiger charge is -2.11. The van der Waals surface area contributed by atoms with Crippen molar-refractivity contribution < 1.29 is 4.74 Å². The second kappa shape index (κ2) is 7.03. The van der Waals surface area contributed by atoms with Crippen LogP contribution in [0, 0.1) is 0 Å². The summed E-state index contributed by atoms with van der Waals surface area (Å²) < 4.78 is 5.21. The van der Waals surface area contributed by atoms with Gasteiger partial charge in [-0.1, -0.05) is 6.92 Å². The molecular formula is C8H19NO. The predicted molar refractivity (Wildman–Crippen MR) is 44.0 cm³/mol. The van der Waals surface area contributed by atoms with E-state index in [-0.39, 0.29) is 0 Å². The van der Waals surface area contributed by atoms with Gasteiger partial charge in [0.15, 0.2) is 0 Å². The molecule has 0 aliphatic rings. The SMILES string of the molecule is CCC(CCCCN)OC. The van der Waals surface area contributed by atoms with Crippen LogP contribution in [0.5, 0.6) is 0 Å². The molecule has 0 aromatic carbocycles. The van der Waals surface area contributed by atoms with Gasteiger partial charge in [0.1, 0.15) is 0 Å². The molecule has 0 aromatic rings. The average Bonchev–Trinajstić information content (AvgIpc) is 1.99. The van der Waals surface area contributed by atoms with Crippen molar-refractivity contribution in [1.29, 1.82) is 0 Å². The predicted octanol–water partition coefficient (Wildman–Crippen LogP) is 1.54. The fraction of sp³-hybridized carbons (Fsp3) is 1.00. The summed E-state index contributed by atoms with van der Waals surface area (Å²) in [6.45, 7) is 2.96. The first-order chi connectivity index (χ1) is 4.85. The Bertz CT molecular complexity index is 62.3. The van der Waals surface area contributed by atoms with Crippen LogP contribution in [0.1, 0.15) is 32.6 Å². The fourth-order valence-corrected chi connectivity index (χ4v) is 1.00. The van der Waals surface area contributed by atoms with Gasteiger partial charge in [-0.15, -0.1) is 0 Å². The lowest BCUT2D eigenvalue weighted by atomic mass is 10.1. The van der Waals surface area contributed by atoms with Gasteiger partial charge < -0.3 is 10.5 Å². The van der Waals surface area contributed by atoms with Crippen LogP contribution in [0.4, 0.5) is 0 Å². The lowest BCUT2D eigenvalue weighted by Crippen LogP contribution is -2.09. The molecule has 0 aromatic heterocycles. The van der Waals surface area contributed by atoms with Crippen molar-refractivity contribution in [3.05, 3.63) is 0 Å². The van der Waals surface area contributed by atoms with Crippen LogP contribution in [0.25, 0.3) is 0 Å². The molecule has 0 fully saturated rings. The summed E-state index contributed by atoms with van der Waals surface area (Å²) in [5.41, 5.74) is 5.36. The van der Waals surface area contributed by atoms with E-state index in [0.717, 1.165) is 25.8 Å². The Balaban J connectivity index is 3.09. The largest absolute Gasteiger partial charge is 0.381 e. The second-order valence-electron chi connectivity index (χ2n) is 2.55. The van der Waals surface area contributed by atoms with Crippen molar-refractivity contribution in [2.24, 2.45) is 5.73 Å². The highest BCUT2D eigenvalue weighted by Gasteiger charge is 2.01. The molecule has 0 radical (unpaired) electrons. The zero-order valence-electron chi connectivity index (χ0n) is 7.10. The normalized spacial score (nSPS) is 13.5. The van der Waals surface area contributed by atoms with Gasteiger partial charge in [-0.2, -0.15) is 0 Å². The summed E-state index contributed by atoms with van der Waals surface area (Å²) in [5, 5.41) is 0. The molecule has 2 N–H and O–H groups in total. The molecule has 62 valence electrons. The zero-order chi connectivity index (χ0) is 7.82. The van der Waals surface area contributed by atoms with Gasteiger partial charge in [0.2, 0.25) is 0 Å². The summed E-state index contributed by atoms with van der Waals surface area (Å²) in [7, 11) is 1.77. The summed E-state index contributed by atoms with van der Waals surface area (Å²) >= 11 is 0. The quantitative estimate of drug-likeness (QED) is 0.575. The van der Waals surface area contributed by atoms with E-state index < -0.39 is 0 Å². The average molecular weight is 145 g/mol. The molecule has 2 nitrogen and oxygen atoms in total. The molecule has 0 amide bonds. The molecule has 0 saturated heterocycles. The third-order valence-electron chi connectivity index (χ3n) is 1.77. The van der Waals surface area contributed by atoms with Crippen molar-refractivity contribution in [3.8, 4) is 0 Å². The molecule has 0 saturated carbocycles. The standard InChI is InChI=1S/C8H19NO/c1-3-8(10-2)6-4-5-7-9/h8H,3-7,9H2,1-2H3. The monoisotopic (exact) mass is 145 g/mol. The molecule has 0 aliphatic carbocycles. The molecule has 0 bridgehead atoms. The van der Waals surface area contributed by atoms with E-state index in [9.17, 15) is 0 Å². The van der Waals surface area contributed by atoms with Gasteiger partial charge in [0.05, 0.1) is 6.10 Å². The number of methoxy groups -OCH3 is 1. The van der Waals surface area contributed by atoms with Crippen LogP contribution < -0.4 is 5.73 Å². The van der Waals surface area contributed by atoms with Gasteiger partial charge in [-0.05, 0) is 32.2 Å². The van der Waals surface area contributed by atoms with E-state index in [1.165, 1.54) is 6.42 Å². The van der Waals surface area contributed by atoms with Crippen LogP contribution >= 0.6 is 0 Å². The smallest absolute Gasteiger partial charge is 0.0568 e. The van der Waals surface area contributed by atoms with Crippen molar-refractivity contribution >= 4 is 0 Å². The van der Waals surface area contributed by atoms with E-state index in [1.54, 1.807) is 7.11 Å². The van der Waals surface area contributed by atoms with Crippen LogP contribution in [-0.4, -0.2) is 19.8 Å². The number of hydrogen-bond donors (Lipinski definition) is 1. The Kier molecular flexibility index (Phi) is 6.98. The summed E-state index contributed by atoms with van der Waals surface area (Å²) in [6.07, 6.45) is 5.04. The topological polar surface area (TPSA) is 35.2 Å². The molecule has 0 spiro atoms. The maximum Gasteiger partial charge on any atom is 0.0568 e. The van der Waals surface area contributed by atoms with Crippen molar-refractivity contribution in [1.82, 2.24) is 0 Å². The number of nitrogens with two attached hydrogens (primary N) is 1. The Morgan fingerprint density at radius 2 is 2.10 bits per heavy atom. The van der Waals surface area contributed by atoms with Crippen LogP contribution in [0.15, 0.2) is 0 Å². The molecule has 1 unspecified atom stereocenters. The second-order valence-corrected chi connectivity index (χ2v) is 2.55. The maximum absolute atomic E-state index is 5.36. The molecule has 0 heterocycles. The molecule has 1 atom stereocenters. The zero-order valence-corrected chi connectivity index (χ0v) is 7.10. The van der Waals surface area contributed by atoms with Crippen LogP contribution in [-0.2, 0) is 4.74 Å². The highest BCUT2D eigenvalue weighted by molar-refractivity contribution is 4.54. The minimum Gasteiger partial charge on any atom is -0.381 e. The van der Waals surface area contributed by atoms with Crippen molar-refractivity contribution in [3.63, 3.8) is 0 Å². The Morgan fingerprint density at radius 1 is 1.40 bits per heavy atom. The fourth-order valence-electron chi connectivity index (χ4n) is 1.00. The molecule has 0 aliphatic heterocycles. The summed E-state index contributed by atoms with van der Waals surface area (Å²) in [4.78, 5) is 0. The van der Waals surface area contributed by atoms with Gasteiger partial charge >= 0.3 is 0 Å². The number of unbranched alkanes of at least 4 members (excludes halogenated alkanes) is 1. The van der Waals surface area contributed by atoms with Crippen molar-refractivity contribution in [2.45, 2.75) is 38.7 Å². The van der Waals surface area contributed by atoms with Crippen LogP contribution in [0.2, 0.25) is 0 Å². The highest BCUT2D eigenvalue weighted by Crippen LogP contribution is 2.06. The third kappa shape index (κ3) is 4.77. The van der Waals surface area contributed by atoms with Gasteiger partial charge in [-0.25, -0.2) is 0 Å². The number of rotatable bonds is 6. The maximum atomic E-state index is 5.36. The molecule has 0 rings (SSSR count). The van der Waals surface area contributed by atoms with E-state index in [2.05, 4.69) is 6.92 Å². The van der Waals surface area contributed by atoms with E-state index in [1.807, 2.05) is 0 Å². The first kappa shape index (κ1) is 9.92. The van der Waals surface area contributed by atoms with Gasteiger partial charge in [0, 0.05) is 7.11 Å². The molecule has 10 heavy (non-hydrogen) atoms. The first-order valence-electron chi connectivity index (χ1n) is 4.08. The molecular weight excluding hydrogens is 126 g/mol. The third-order valence-corrected chi connectivity index (χ3v) is 1.77. The number of ether oxygens (including phenoxy) is 1. The Hall–Kier alpha value is -0.0800. The van der Waals surface area contributed by atoms with E-state index in [0.29, 0.717) is 6.10 Å². The first-order valence-corrected chi connectivity index (χ1v) is 4.08. The minimum atomic E-state index is 0.451. The molecule has 2 heteroatoms. The van der Waals surface area contributed by atoms with Gasteiger partial charge in [-0.3, -0.25) is 0 Å². The summed E-state index contributed by atoms with van der Waals surface area (Å²) in [5.74, 6) is 0. The minimum absolute atomic E-state index is 0.451. The van der Waals surface area contributed by atoms with E-state index in [4.69, 9.17) is 10.5 Å². The highest BCUT2D eigenvalue weighted by atomic mass is 16.5. The number of hydrogen-bond acceptors (Lipinski definition) is 2. The van der Waals surface area contributed by atoms with Gasteiger partial charge in [0.25, 0.3) is 0 Å². The Morgan fingerprint density at radius 3 is 2.50 bits per heavy atom.